The maximum absolute atomic E-state index is 13.1. The molecule has 0 bridgehead atoms. The van der Waals surface area contributed by atoms with E-state index in [1.54, 1.807) is 11.6 Å². The van der Waals surface area contributed by atoms with Gasteiger partial charge >= 0.3 is 0 Å². The van der Waals surface area contributed by atoms with Gasteiger partial charge in [-0.05, 0) is 37.8 Å². The van der Waals surface area contributed by atoms with Crippen LogP contribution in [0.5, 0.6) is 0 Å². The zero-order valence-electron chi connectivity index (χ0n) is 18.5. The van der Waals surface area contributed by atoms with Gasteiger partial charge in [0, 0.05) is 63.1 Å². The molecule has 1 aliphatic heterocycles. The van der Waals surface area contributed by atoms with E-state index in [0.717, 1.165) is 67.4 Å². The summed E-state index contributed by atoms with van der Waals surface area (Å²) in [7, 11) is 1.79. The van der Waals surface area contributed by atoms with Gasteiger partial charge in [-0.25, -0.2) is 4.98 Å². The Kier molecular flexibility index (Phi) is 5.90. The van der Waals surface area contributed by atoms with Crippen LogP contribution >= 0.6 is 0 Å². The number of nitrogens with one attached hydrogen (secondary N) is 1. The number of fused-ring (bicyclic) bond motifs is 3. The second-order valence-corrected chi connectivity index (χ2v) is 8.42. The zero-order valence-corrected chi connectivity index (χ0v) is 18.5. The van der Waals surface area contributed by atoms with Crippen molar-refractivity contribution in [1.82, 2.24) is 19.4 Å². The van der Waals surface area contributed by atoms with Crippen LogP contribution < -0.4 is 15.8 Å². The van der Waals surface area contributed by atoms with Crippen molar-refractivity contribution in [2.75, 3.05) is 42.9 Å². The largest absolute Gasteiger partial charge is 0.369 e. The SMILES string of the molecule is CCCCNc1ncc2c3ccc(N4CCN(C(C)C)CC4)cc3c(=O)n(C)c2n1. The Morgan fingerprint density at radius 2 is 1.87 bits per heavy atom. The molecule has 0 aliphatic carbocycles. The van der Waals surface area contributed by atoms with Crippen LogP contribution in [0.3, 0.4) is 0 Å². The number of aryl methyl sites for hydroxylation is 1. The van der Waals surface area contributed by atoms with Crippen molar-refractivity contribution in [2.24, 2.45) is 7.05 Å². The number of unbranched alkanes of at least 4 members (excludes halogenated alkanes) is 1. The van der Waals surface area contributed by atoms with Crippen molar-refractivity contribution in [1.29, 1.82) is 0 Å². The molecule has 7 nitrogen and oxygen atoms in total. The van der Waals surface area contributed by atoms with E-state index in [4.69, 9.17) is 0 Å². The molecule has 3 heterocycles. The molecule has 1 N–H and O–H groups in total. The summed E-state index contributed by atoms with van der Waals surface area (Å²) < 4.78 is 1.64. The summed E-state index contributed by atoms with van der Waals surface area (Å²) in [6, 6.07) is 6.79. The van der Waals surface area contributed by atoms with Crippen LogP contribution in [0.2, 0.25) is 0 Å². The number of nitrogens with zero attached hydrogens (tertiary/aromatic N) is 5. The van der Waals surface area contributed by atoms with Crippen molar-refractivity contribution in [2.45, 2.75) is 39.7 Å². The lowest BCUT2D eigenvalue weighted by Crippen LogP contribution is -2.48. The average molecular weight is 409 g/mol. The van der Waals surface area contributed by atoms with Gasteiger partial charge < -0.3 is 10.2 Å². The van der Waals surface area contributed by atoms with Crippen LogP contribution in [0, 0.1) is 0 Å². The summed E-state index contributed by atoms with van der Waals surface area (Å²) in [6.07, 6.45) is 4.00. The maximum Gasteiger partial charge on any atom is 0.259 e. The number of anilines is 2. The first kappa shape index (κ1) is 20.6. The molecule has 160 valence electrons. The molecule has 0 spiro atoms. The Bertz CT molecular complexity index is 1100. The molecule has 7 heteroatoms. The van der Waals surface area contributed by atoms with E-state index in [-0.39, 0.29) is 5.56 Å². The van der Waals surface area contributed by atoms with Crippen molar-refractivity contribution >= 4 is 33.4 Å². The highest BCUT2D eigenvalue weighted by Crippen LogP contribution is 2.26. The highest BCUT2D eigenvalue weighted by atomic mass is 16.1. The number of pyridine rings is 1. The van der Waals surface area contributed by atoms with Crippen LogP contribution in [0.15, 0.2) is 29.2 Å². The summed E-state index contributed by atoms with van der Waals surface area (Å²) in [5, 5.41) is 5.80. The number of piperazine rings is 1. The lowest BCUT2D eigenvalue weighted by atomic mass is 10.1. The Morgan fingerprint density at radius 1 is 1.10 bits per heavy atom. The van der Waals surface area contributed by atoms with E-state index >= 15 is 0 Å². The number of benzene rings is 1. The molecule has 0 radical (unpaired) electrons. The third-order valence-electron chi connectivity index (χ3n) is 6.14. The van der Waals surface area contributed by atoms with Gasteiger partial charge in [0.2, 0.25) is 5.95 Å². The first-order valence-corrected chi connectivity index (χ1v) is 11.0. The normalized spacial score (nSPS) is 15.4. The second kappa shape index (κ2) is 8.60. The van der Waals surface area contributed by atoms with Crippen molar-refractivity contribution in [3.8, 4) is 0 Å². The van der Waals surface area contributed by atoms with Crippen molar-refractivity contribution < 1.29 is 0 Å². The van der Waals surface area contributed by atoms with Gasteiger partial charge in [-0.15, -0.1) is 0 Å². The Hall–Kier alpha value is -2.67. The third kappa shape index (κ3) is 3.86. The number of aromatic nitrogens is 3. The monoisotopic (exact) mass is 408 g/mol. The van der Waals surface area contributed by atoms with Gasteiger partial charge in [-0.1, -0.05) is 19.4 Å². The standard InChI is InChI=1S/C23H32N6O/c1-5-6-9-24-23-25-15-20-18-8-7-17(29-12-10-28(11-13-29)16(2)3)14-19(18)22(30)27(4)21(20)26-23/h7-8,14-16H,5-6,9-13H2,1-4H3,(H,24,25,26). The summed E-state index contributed by atoms with van der Waals surface area (Å²) >= 11 is 0. The van der Waals surface area contributed by atoms with E-state index in [1.807, 2.05) is 12.3 Å². The summed E-state index contributed by atoms with van der Waals surface area (Å²) in [6.45, 7) is 11.5. The molecule has 0 atom stereocenters. The van der Waals surface area contributed by atoms with E-state index in [2.05, 4.69) is 58.0 Å². The molecule has 0 unspecified atom stereocenters. The number of hydrogen-bond acceptors (Lipinski definition) is 6. The van der Waals surface area contributed by atoms with Gasteiger partial charge in [0.15, 0.2) is 0 Å². The van der Waals surface area contributed by atoms with E-state index in [1.165, 1.54) is 0 Å². The first-order valence-electron chi connectivity index (χ1n) is 11.0. The van der Waals surface area contributed by atoms with Gasteiger partial charge in [0.25, 0.3) is 5.56 Å². The fourth-order valence-corrected chi connectivity index (χ4v) is 4.19. The zero-order chi connectivity index (χ0) is 21.3. The van der Waals surface area contributed by atoms with Crippen molar-refractivity contribution in [3.63, 3.8) is 0 Å². The molecular weight excluding hydrogens is 376 g/mol. The molecule has 1 saturated heterocycles. The minimum atomic E-state index is -0.0154. The topological polar surface area (TPSA) is 66.3 Å². The molecule has 4 rings (SSSR count). The van der Waals surface area contributed by atoms with Crippen LogP contribution in [0.1, 0.15) is 33.6 Å². The second-order valence-electron chi connectivity index (χ2n) is 8.42. The van der Waals surface area contributed by atoms with Crippen LogP contribution in [-0.2, 0) is 7.05 Å². The Morgan fingerprint density at radius 3 is 2.57 bits per heavy atom. The Labute approximate surface area is 177 Å². The molecule has 2 aromatic heterocycles. The van der Waals surface area contributed by atoms with Gasteiger partial charge in [0.05, 0.1) is 5.39 Å². The smallest absolute Gasteiger partial charge is 0.259 e. The quantitative estimate of drug-likeness (QED) is 0.499. The van der Waals surface area contributed by atoms with Crippen LogP contribution in [0.25, 0.3) is 21.8 Å². The fraction of sp³-hybridized carbons (Fsp3) is 0.522. The molecular formula is C23H32N6O. The molecule has 1 aliphatic rings. The average Bonchev–Trinajstić information content (AvgIpc) is 2.77. The maximum atomic E-state index is 13.1. The first-order chi connectivity index (χ1) is 14.5. The molecule has 30 heavy (non-hydrogen) atoms. The van der Waals surface area contributed by atoms with Crippen LogP contribution in [0.4, 0.5) is 11.6 Å². The minimum absolute atomic E-state index is 0.0154. The molecule has 1 aromatic carbocycles. The lowest BCUT2D eigenvalue weighted by Gasteiger charge is -2.38. The Balaban J connectivity index is 1.69. The number of rotatable bonds is 6. The predicted octanol–water partition coefficient (Wildman–Crippen LogP) is 3.22. The molecule has 0 saturated carbocycles. The molecule has 1 fully saturated rings. The van der Waals surface area contributed by atoms with Crippen LogP contribution in [-0.4, -0.2) is 58.2 Å². The minimum Gasteiger partial charge on any atom is -0.369 e. The lowest BCUT2D eigenvalue weighted by molar-refractivity contribution is 0.209. The third-order valence-corrected chi connectivity index (χ3v) is 6.14. The molecule has 3 aromatic rings. The van der Waals surface area contributed by atoms with Crippen molar-refractivity contribution in [3.05, 3.63) is 34.7 Å². The summed E-state index contributed by atoms with van der Waals surface area (Å²) in [5.74, 6) is 0.574. The van der Waals surface area contributed by atoms with E-state index in [9.17, 15) is 4.79 Å². The molecule has 0 amide bonds. The van der Waals surface area contributed by atoms with Gasteiger partial charge in [-0.3, -0.25) is 14.3 Å². The van der Waals surface area contributed by atoms with Gasteiger partial charge in [-0.2, -0.15) is 4.98 Å². The highest BCUT2D eigenvalue weighted by Gasteiger charge is 2.20. The summed E-state index contributed by atoms with van der Waals surface area (Å²) in [4.78, 5) is 27.1. The summed E-state index contributed by atoms with van der Waals surface area (Å²) in [5.41, 5.74) is 1.76. The van der Waals surface area contributed by atoms with E-state index < -0.39 is 0 Å². The highest BCUT2D eigenvalue weighted by molar-refractivity contribution is 6.05. The van der Waals surface area contributed by atoms with E-state index in [0.29, 0.717) is 17.6 Å². The predicted molar refractivity (Wildman–Crippen MR) is 125 cm³/mol. The van der Waals surface area contributed by atoms with Gasteiger partial charge in [0.1, 0.15) is 5.65 Å². The number of hydrogen-bond donors (Lipinski definition) is 1. The fourth-order valence-electron chi connectivity index (χ4n) is 4.19.